The fourth-order valence-corrected chi connectivity index (χ4v) is 3.30. The van der Waals surface area contributed by atoms with E-state index in [4.69, 9.17) is 17.0 Å². The summed E-state index contributed by atoms with van der Waals surface area (Å²) in [7, 11) is 1.68. The van der Waals surface area contributed by atoms with Crippen LogP contribution in [0.25, 0.3) is 6.08 Å². The molecule has 1 saturated heterocycles. The van der Waals surface area contributed by atoms with E-state index in [0.717, 1.165) is 28.1 Å². The molecule has 1 N–H and O–H groups in total. The normalized spacial score (nSPS) is 15.7. The van der Waals surface area contributed by atoms with Crippen LogP contribution in [0.4, 0.5) is 5.69 Å². The quantitative estimate of drug-likeness (QED) is 0.644. The van der Waals surface area contributed by atoms with Gasteiger partial charge in [-0.1, -0.05) is 32.0 Å². The molecular formula is C21H22N2O2S. The second-order valence-corrected chi connectivity index (χ2v) is 6.96. The average molecular weight is 366 g/mol. The number of nitrogens with zero attached hydrogens (tertiary/aromatic N) is 1. The predicted octanol–water partition coefficient (Wildman–Crippen LogP) is 4.39. The predicted molar refractivity (Wildman–Crippen MR) is 109 cm³/mol. The molecule has 1 amide bonds. The van der Waals surface area contributed by atoms with Crippen LogP contribution in [-0.2, 0) is 4.79 Å². The Bertz CT molecular complexity index is 888. The van der Waals surface area contributed by atoms with Crippen LogP contribution in [0.1, 0.15) is 36.5 Å². The van der Waals surface area contributed by atoms with E-state index in [1.54, 1.807) is 7.11 Å². The summed E-state index contributed by atoms with van der Waals surface area (Å²) in [6.45, 7) is 6.25. The van der Waals surface area contributed by atoms with E-state index >= 15 is 0 Å². The molecule has 2 aromatic rings. The number of benzene rings is 2. The van der Waals surface area contributed by atoms with Gasteiger partial charge in [-0.15, -0.1) is 0 Å². The molecule has 2 aromatic carbocycles. The smallest absolute Gasteiger partial charge is 0.281 e. The zero-order chi connectivity index (χ0) is 18.8. The molecule has 0 aromatic heterocycles. The van der Waals surface area contributed by atoms with Gasteiger partial charge in [-0.05, 0) is 72.1 Å². The van der Waals surface area contributed by atoms with Gasteiger partial charge in [-0.25, -0.2) is 0 Å². The Kier molecular flexibility index (Phi) is 5.09. The van der Waals surface area contributed by atoms with Gasteiger partial charge in [0.15, 0.2) is 5.11 Å². The summed E-state index contributed by atoms with van der Waals surface area (Å²) in [5.41, 5.74) is 4.35. The minimum Gasteiger partial charge on any atom is -0.496 e. The summed E-state index contributed by atoms with van der Waals surface area (Å²) in [6.07, 6.45) is 1.86. The van der Waals surface area contributed by atoms with E-state index in [-0.39, 0.29) is 5.91 Å². The molecule has 0 aliphatic carbocycles. The molecule has 1 fully saturated rings. The lowest BCUT2D eigenvalue weighted by molar-refractivity contribution is -0.113. The molecule has 134 valence electrons. The van der Waals surface area contributed by atoms with Crippen molar-refractivity contribution in [3.05, 3.63) is 64.9 Å². The van der Waals surface area contributed by atoms with Crippen molar-refractivity contribution in [3.63, 3.8) is 0 Å². The summed E-state index contributed by atoms with van der Waals surface area (Å²) < 4.78 is 5.49. The molecule has 0 saturated carbocycles. The first-order valence-electron chi connectivity index (χ1n) is 8.53. The number of aryl methyl sites for hydroxylation is 1. The molecule has 4 nitrogen and oxygen atoms in total. The third-order valence-electron chi connectivity index (χ3n) is 4.43. The Morgan fingerprint density at radius 2 is 1.88 bits per heavy atom. The van der Waals surface area contributed by atoms with E-state index in [9.17, 15) is 4.79 Å². The summed E-state index contributed by atoms with van der Waals surface area (Å²) in [5, 5.41) is 3.43. The van der Waals surface area contributed by atoms with E-state index in [1.807, 2.05) is 49.4 Å². The van der Waals surface area contributed by atoms with E-state index < -0.39 is 0 Å². The van der Waals surface area contributed by atoms with Gasteiger partial charge in [0.25, 0.3) is 5.91 Å². The average Bonchev–Trinajstić information content (AvgIpc) is 2.90. The van der Waals surface area contributed by atoms with Crippen LogP contribution in [0.3, 0.4) is 0 Å². The number of nitrogens with one attached hydrogen (secondary N) is 1. The Morgan fingerprint density at radius 1 is 1.19 bits per heavy atom. The topological polar surface area (TPSA) is 41.6 Å². The van der Waals surface area contributed by atoms with Gasteiger partial charge in [0.1, 0.15) is 11.4 Å². The molecule has 0 bridgehead atoms. The standard InChI is InChI=1S/C21H22N2O2S/c1-13(2)17-11-15(14(3)10-19(17)25-4)12-18-20(24)23(21(26)22-18)16-8-6-5-7-9-16/h5-13H,1-4H3,(H,22,26). The van der Waals surface area contributed by atoms with Crippen LogP contribution >= 0.6 is 12.2 Å². The number of para-hydroxylation sites is 1. The second-order valence-electron chi connectivity index (χ2n) is 6.57. The lowest BCUT2D eigenvalue weighted by atomic mass is 9.96. The molecular weight excluding hydrogens is 344 g/mol. The van der Waals surface area contributed by atoms with Gasteiger partial charge in [0.05, 0.1) is 12.8 Å². The maximum Gasteiger partial charge on any atom is 0.281 e. The van der Waals surface area contributed by atoms with Crippen molar-refractivity contribution < 1.29 is 9.53 Å². The fourth-order valence-electron chi connectivity index (χ4n) is 3.00. The number of hydrogen-bond donors (Lipinski definition) is 1. The molecule has 0 radical (unpaired) electrons. The van der Waals surface area contributed by atoms with Gasteiger partial charge in [-0.2, -0.15) is 0 Å². The number of carbonyl (C=O) groups is 1. The molecule has 1 aliphatic heterocycles. The Labute approximate surface area is 159 Å². The largest absolute Gasteiger partial charge is 0.496 e. The first-order valence-corrected chi connectivity index (χ1v) is 8.94. The minimum atomic E-state index is -0.150. The highest BCUT2D eigenvalue weighted by Gasteiger charge is 2.32. The third kappa shape index (κ3) is 3.35. The molecule has 1 aliphatic rings. The Hall–Kier alpha value is -2.66. The number of ether oxygens (including phenoxy) is 1. The van der Waals surface area contributed by atoms with Crippen LogP contribution in [0.15, 0.2) is 48.2 Å². The van der Waals surface area contributed by atoms with Crippen molar-refractivity contribution in [2.45, 2.75) is 26.7 Å². The molecule has 1 heterocycles. The SMILES string of the molecule is COc1cc(C)c(C=C2NC(=S)N(c3ccccc3)C2=O)cc1C(C)C. The minimum absolute atomic E-state index is 0.150. The van der Waals surface area contributed by atoms with Crippen molar-refractivity contribution in [2.75, 3.05) is 12.0 Å². The molecule has 0 unspecified atom stereocenters. The van der Waals surface area contributed by atoms with Crippen LogP contribution in [0, 0.1) is 6.92 Å². The highest BCUT2D eigenvalue weighted by molar-refractivity contribution is 7.80. The van der Waals surface area contributed by atoms with Gasteiger partial charge < -0.3 is 10.1 Å². The van der Waals surface area contributed by atoms with Gasteiger partial charge in [0.2, 0.25) is 0 Å². The number of methoxy groups -OCH3 is 1. The third-order valence-corrected chi connectivity index (χ3v) is 4.72. The fraction of sp³-hybridized carbons (Fsp3) is 0.238. The monoisotopic (exact) mass is 366 g/mol. The van der Waals surface area contributed by atoms with Gasteiger partial charge in [0, 0.05) is 0 Å². The van der Waals surface area contributed by atoms with Crippen molar-refractivity contribution in [3.8, 4) is 5.75 Å². The molecule has 0 spiro atoms. The van der Waals surface area contributed by atoms with Crippen LogP contribution in [-0.4, -0.2) is 18.1 Å². The van der Waals surface area contributed by atoms with Crippen molar-refractivity contribution >= 4 is 35.0 Å². The van der Waals surface area contributed by atoms with Crippen molar-refractivity contribution in [2.24, 2.45) is 0 Å². The first-order chi connectivity index (χ1) is 12.4. The van der Waals surface area contributed by atoms with E-state index in [0.29, 0.717) is 16.7 Å². The van der Waals surface area contributed by atoms with E-state index in [2.05, 4.69) is 25.2 Å². The zero-order valence-corrected chi connectivity index (χ0v) is 16.2. The van der Waals surface area contributed by atoms with E-state index in [1.165, 1.54) is 4.90 Å². The summed E-state index contributed by atoms with van der Waals surface area (Å²) in [6, 6.07) is 13.5. The number of rotatable bonds is 4. The summed E-state index contributed by atoms with van der Waals surface area (Å²) in [5.74, 6) is 1.03. The highest BCUT2D eigenvalue weighted by Crippen LogP contribution is 2.31. The lowest BCUT2D eigenvalue weighted by Crippen LogP contribution is -2.30. The molecule has 26 heavy (non-hydrogen) atoms. The van der Waals surface area contributed by atoms with Crippen LogP contribution in [0.5, 0.6) is 5.75 Å². The second kappa shape index (κ2) is 7.30. The van der Waals surface area contributed by atoms with Crippen molar-refractivity contribution in [1.82, 2.24) is 5.32 Å². The van der Waals surface area contributed by atoms with Crippen molar-refractivity contribution in [1.29, 1.82) is 0 Å². The number of anilines is 1. The Morgan fingerprint density at radius 3 is 2.50 bits per heavy atom. The number of hydrogen-bond acceptors (Lipinski definition) is 3. The number of carbonyl (C=O) groups excluding carboxylic acids is 1. The maximum atomic E-state index is 12.9. The molecule has 0 atom stereocenters. The first kappa shape index (κ1) is 18.1. The van der Waals surface area contributed by atoms with Gasteiger partial charge >= 0.3 is 0 Å². The zero-order valence-electron chi connectivity index (χ0n) is 15.4. The number of amides is 1. The van der Waals surface area contributed by atoms with Crippen LogP contribution < -0.4 is 15.0 Å². The Balaban J connectivity index is 2.00. The number of thiocarbonyl (C=S) groups is 1. The van der Waals surface area contributed by atoms with Gasteiger partial charge in [-0.3, -0.25) is 9.69 Å². The molecule has 3 rings (SSSR count). The van der Waals surface area contributed by atoms with Crippen LogP contribution in [0.2, 0.25) is 0 Å². The summed E-state index contributed by atoms with van der Waals surface area (Å²) >= 11 is 5.37. The summed E-state index contributed by atoms with van der Waals surface area (Å²) in [4.78, 5) is 14.4. The molecule has 5 heteroatoms. The lowest BCUT2D eigenvalue weighted by Gasteiger charge is -2.15. The highest BCUT2D eigenvalue weighted by atomic mass is 32.1. The maximum absolute atomic E-state index is 12.9.